The Labute approximate surface area is 191 Å². The predicted molar refractivity (Wildman–Crippen MR) is 125 cm³/mol. The molecular formula is C24H28F3N5O. The molecule has 0 saturated heterocycles. The fraction of sp³-hybridized carbons (Fsp3) is 0.333. The van der Waals surface area contributed by atoms with Crippen molar-refractivity contribution in [2.75, 3.05) is 37.8 Å². The summed E-state index contributed by atoms with van der Waals surface area (Å²) in [6.45, 7) is 5.54. The van der Waals surface area contributed by atoms with E-state index in [0.717, 1.165) is 29.8 Å². The lowest BCUT2D eigenvalue weighted by molar-refractivity contribution is -0.274. The fourth-order valence-electron chi connectivity index (χ4n) is 3.19. The molecule has 1 aromatic heterocycles. The van der Waals surface area contributed by atoms with Gasteiger partial charge in [0.2, 0.25) is 5.95 Å². The molecule has 0 aliphatic rings. The molecule has 0 aliphatic heterocycles. The van der Waals surface area contributed by atoms with Gasteiger partial charge in [0.15, 0.2) is 0 Å². The van der Waals surface area contributed by atoms with Gasteiger partial charge in [-0.25, -0.2) is 4.98 Å². The quantitative estimate of drug-likeness (QED) is 0.397. The van der Waals surface area contributed by atoms with E-state index in [2.05, 4.69) is 30.2 Å². The molecule has 3 rings (SSSR count). The molecular weight excluding hydrogens is 431 g/mol. The van der Waals surface area contributed by atoms with E-state index in [9.17, 15) is 13.2 Å². The highest BCUT2D eigenvalue weighted by atomic mass is 19.4. The van der Waals surface area contributed by atoms with E-state index in [1.165, 1.54) is 18.2 Å². The molecule has 176 valence electrons. The van der Waals surface area contributed by atoms with Crippen molar-refractivity contribution in [3.8, 4) is 17.0 Å². The third-order valence-electron chi connectivity index (χ3n) is 4.81. The zero-order chi connectivity index (χ0) is 24.0. The van der Waals surface area contributed by atoms with Crippen LogP contribution in [0.15, 0.2) is 48.5 Å². The topological polar surface area (TPSA) is 62.3 Å². The number of hydrogen-bond donors (Lipinski definition) is 2. The Bertz CT molecular complexity index is 1090. The van der Waals surface area contributed by atoms with Crippen LogP contribution in [0.5, 0.6) is 5.75 Å². The number of aryl methyl sites for hydroxylation is 2. The molecule has 0 bridgehead atoms. The highest BCUT2D eigenvalue weighted by Crippen LogP contribution is 2.30. The van der Waals surface area contributed by atoms with E-state index in [0.29, 0.717) is 29.6 Å². The van der Waals surface area contributed by atoms with Crippen molar-refractivity contribution in [2.45, 2.75) is 26.6 Å². The number of aromatic nitrogens is 2. The Kier molecular flexibility index (Phi) is 7.75. The van der Waals surface area contributed by atoms with Gasteiger partial charge in [-0.3, -0.25) is 0 Å². The summed E-state index contributed by atoms with van der Waals surface area (Å²) in [5, 5.41) is 6.53. The number of alkyl halides is 3. The molecule has 1 heterocycles. The Morgan fingerprint density at radius 3 is 2.52 bits per heavy atom. The Morgan fingerprint density at radius 2 is 1.79 bits per heavy atom. The lowest BCUT2D eigenvalue weighted by atomic mass is 10.1. The lowest BCUT2D eigenvalue weighted by Gasteiger charge is -2.15. The van der Waals surface area contributed by atoms with E-state index in [1.54, 1.807) is 12.1 Å². The average molecular weight is 460 g/mol. The third-order valence-corrected chi connectivity index (χ3v) is 4.81. The number of halogens is 3. The lowest BCUT2D eigenvalue weighted by Crippen LogP contribution is -2.17. The highest BCUT2D eigenvalue weighted by molar-refractivity contribution is 5.69. The molecule has 9 heteroatoms. The molecule has 33 heavy (non-hydrogen) atoms. The first-order valence-electron chi connectivity index (χ1n) is 10.6. The second-order valence-corrected chi connectivity index (χ2v) is 8.06. The predicted octanol–water partition coefficient (Wildman–Crippen LogP) is 5.77. The smallest absolute Gasteiger partial charge is 0.406 e. The Balaban J connectivity index is 1.93. The monoisotopic (exact) mass is 459 g/mol. The van der Waals surface area contributed by atoms with Crippen molar-refractivity contribution in [1.82, 2.24) is 14.9 Å². The molecule has 0 spiro atoms. The van der Waals surface area contributed by atoms with Crippen molar-refractivity contribution in [3.63, 3.8) is 0 Å². The second-order valence-electron chi connectivity index (χ2n) is 8.06. The first-order valence-corrected chi connectivity index (χ1v) is 10.6. The highest BCUT2D eigenvalue weighted by Gasteiger charge is 2.31. The van der Waals surface area contributed by atoms with Gasteiger partial charge in [-0.2, -0.15) is 4.98 Å². The van der Waals surface area contributed by atoms with Gasteiger partial charge in [0.25, 0.3) is 0 Å². The average Bonchev–Trinajstić information content (AvgIpc) is 2.72. The molecule has 2 aromatic carbocycles. The summed E-state index contributed by atoms with van der Waals surface area (Å²) in [7, 11) is 4.00. The Morgan fingerprint density at radius 1 is 1.00 bits per heavy atom. The standard InChI is InChI=1S/C24H28F3N5O/c1-16-9-10-17(2)20(13-16)29-22-15-21(30-23(31-22)28-11-6-12-32(3)4)18-7-5-8-19(14-18)33-24(25,26)27/h5,7-10,13-15H,6,11-12H2,1-4H3,(H2,28,29,30,31). The van der Waals surface area contributed by atoms with Crippen molar-refractivity contribution in [3.05, 3.63) is 59.7 Å². The van der Waals surface area contributed by atoms with E-state index in [1.807, 2.05) is 46.1 Å². The van der Waals surface area contributed by atoms with Crippen LogP contribution in [0.2, 0.25) is 0 Å². The summed E-state index contributed by atoms with van der Waals surface area (Å²) in [5.74, 6) is 0.621. The van der Waals surface area contributed by atoms with E-state index in [4.69, 9.17) is 0 Å². The summed E-state index contributed by atoms with van der Waals surface area (Å²) in [5.41, 5.74) is 3.99. The summed E-state index contributed by atoms with van der Waals surface area (Å²) >= 11 is 0. The number of nitrogens with zero attached hydrogens (tertiary/aromatic N) is 3. The molecule has 0 radical (unpaired) electrons. The van der Waals surface area contributed by atoms with Gasteiger partial charge >= 0.3 is 6.36 Å². The minimum Gasteiger partial charge on any atom is -0.406 e. The van der Waals surface area contributed by atoms with Gasteiger partial charge in [0.05, 0.1) is 5.69 Å². The number of anilines is 3. The summed E-state index contributed by atoms with van der Waals surface area (Å²) < 4.78 is 42.1. The largest absolute Gasteiger partial charge is 0.573 e. The maximum absolute atomic E-state index is 12.7. The number of benzene rings is 2. The minimum atomic E-state index is -4.77. The van der Waals surface area contributed by atoms with Crippen LogP contribution in [0.1, 0.15) is 17.5 Å². The molecule has 3 aromatic rings. The van der Waals surface area contributed by atoms with Crippen molar-refractivity contribution < 1.29 is 17.9 Å². The SMILES string of the molecule is Cc1ccc(C)c(Nc2cc(-c3cccc(OC(F)(F)F)c3)nc(NCCCN(C)C)n2)c1. The van der Waals surface area contributed by atoms with E-state index >= 15 is 0 Å². The molecule has 2 N–H and O–H groups in total. The van der Waals surface area contributed by atoms with Crippen molar-refractivity contribution >= 4 is 17.5 Å². The van der Waals surface area contributed by atoms with Gasteiger partial charge < -0.3 is 20.3 Å². The fourth-order valence-corrected chi connectivity index (χ4v) is 3.19. The third kappa shape index (κ3) is 7.64. The van der Waals surface area contributed by atoms with E-state index in [-0.39, 0.29) is 5.75 Å². The number of hydrogen-bond acceptors (Lipinski definition) is 6. The van der Waals surface area contributed by atoms with Gasteiger partial charge in [-0.15, -0.1) is 13.2 Å². The maximum atomic E-state index is 12.7. The van der Waals surface area contributed by atoms with Gasteiger partial charge in [0.1, 0.15) is 11.6 Å². The molecule has 0 fully saturated rings. The Hall–Kier alpha value is -3.33. The van der Waals surface area contributed by atoms with Crippen LogP contribution < -0.4 is 15.4 Å². The zero-order valence-electron chi connectivity index (χ0n) is 19.1. The van der Waals surface area contributed by atoms with Crippen LogP contribution in [0.4, 0.5) is 30.6 Å². The minimum absolute atomic E-state index is 0.303. The van der Waals surface area contributed by atoms with Crippen LogP contribution in [-0.2, 0) is 0 Å². The molecule has 0 amide bonds. The first kappa shape index (κ1) is 24.3. The number of nitrogens with one attached hydrogen (secondary N) is 2. The zero-order valence-corrected chi connectivity index (χ0v) is 19.1. The van der Waals surface area contributed by atoms with Crippen LogP contribution in [0, 0.1) is 13.8 Å². The van der Waals surface area contributed by atoms with Crippen LogP contribution in [0.3, 0.4) is 0 Å². The van der Waals surface area contributed by atoms with Gasteiger partial charge in [-0.1, -0.05) is 24.3 Å². The van der Waals surface area contributed by atoms with Crippen LogP contribution in [-0.4, -0.2) is 48.4 Å². The summed E-state index contributed by atoms with van der Waals surface area (Å²) in [4.78, 5) is 11.2. The molecule has 0 unspecified atom stereocenters. The summed E-state index contributed by atoms with van der Waals surface area (Å²) in [6.07, 6.45) is -3.88. The van der Waals surface area contributed by atoms with Crippen LogP contribution >= 0.6 is 0 Å². The van der Waals surface area contributed by atoms with Crippen molar-refractivity contribution in [2.24, 2.45) is 0 Å². The first-order chi connectivity index (χ1) is 15.6. The molecule has 0 saturated carbocycles. The maximum Gasteiger partial charge on any atom is 0.573 e. The van der Waals surface area contributed by atoms with Gasteiger partial charge in [-0.05, 0) is 70.2 Å². The molecule has 6 nitrogen and oxygen atoms in total. The number of rotatable bonds is 9. The van der Waals surface area contributed by atoms with Crippen molar-refractivity contribution in [1.29, 1.82) is 0 Å². The second kappa shape index (κ2) is 10.5. The van der Waals surface area contributed by atoms with E-state index < -0.39 is 6.36 Å². The molecule has 0 aliphatic carbocycles. The summed E-state index contributed by atoms with van der Waals surface area (Å²) in [6, 6.07) is 13.5. The molecule has 0 atom stereocenters. The van der Waals surface area contributed by atoms with Gasteiger partial charge in [0, 0.05) is 23.9 Å². The normalized spacial score (nSPS) is 11.5. The van der Waals surface area contributed by atoms with Crippen LogP contribution in [0.25, 0.3) is 11.3 Å². The number of ether oxygens (including phenoxy) is 1.